The van der Waals surface area contributed by atoms with Crippen molar-refractivity contribution in [3.63, 3.8) is 0 Å². The molecule has 0 bridgehead atoms. The Morgan fingerprint density at radius 1 is 0.957 bits per heavy atom. The van der Waals surface area contributed by atoms with E-state index in [4.69, 9.17) is 15.2 Å². The number of ketones is 2. The third-order valence-electron chi connectivity index (χ3n) is 9.14. The predicted molar refractivity (Wildman–Crippen MR) is 167 cm³/mol. The van der Waals surface area contributed by atoms with E-state index in [0.717, 1.165) is 11.1 Å². The summed E-state index contributed by atoms with van der Waals surface area (Å²) < 4.78 is 11.6. The molecule has 1 aromatic heterocycles. The molecule has 6 rings (SSSR count). The number of ether oxygens (including phenoxy) is 2. The molecule has 0 radical (unpaired) electrons. The van der Waals surface area contributed by atoms with Gasteiger partial charge in [0.1, 0.15) is 41.2 Å². The molecule has 1 saturated heterocycles. The van der Waals surface area contributed by atoms with Crippen LogP contribution in [0.5, 0.6) is 5.75 Å². The summed E-state index contributed by atoms with van der Waals surface area (Å²) in [5, 5.41) is 64.3. The Hall–Kier alpha value is -4.43. The van der Waals surface area contributed by atoms with E-state index in [-0.39, 0.29) is 47.9 Å². The molecule has 8 N–H and O–H groups in total. The Morgan fingerprint density at radius 2 is 1.72 bits per heavy atom. The molecule has 7 unspecified atom stereocenters. The minimum atomic E-state index is -2.21. The normalized spacial score (nSPS) is 28.6. The molecule has 3 aliphatic rings. The number of Topliss-reactive ketones (excluding diaryl/α,β-unsaturated/α-hetero) is 2. The zero-order valence-corrected chi connectivity index (χ0v) is 25.3. The fraction of sp³-hybridized carbons (Fsp3) is 0.343. The van der Waals surface area contributed by atoms with Crippen LogP contribution >= 0.6 is 0 Å². The minimum Gasteiger partial charge on any atom is -0.511 e. The summed E-state index contributed by atoms with van der Waals surface area (Å²) in [7, 11) is 0. The molecule has 3 aromatic rings. The van der Waals surface area contributed by atoms with Crippen LogP contribution in [0, 0.1) is 11.8 Å². The smallest absolute Gasteiger partial charge is 0.229 e. The molecule has 12 nitrogen and oxygen atoms in total. The lowest BCUT2D eigenvalue weighted by molar-refractivity contribution is -0.315. The molecular weight excluding hydrogens is 608 g/mol. The van der Waals surface area contributed by atoms with Crippen molar-refractivity contribution in [1.29, 1.82) is 0 Å². The van der Waals surface area contributed by atoms with Crippen LogP contribution in [-0.2, 0) is 24.2 Å². The second-order valence-corrected chi connectivity index (χ2v) is 12.2. The zero-order chi connectivity index (χ0) is 33.5. The summed E-state index contributed by atoms with van der Waals surface area (Å²) in [5.41, 5.74) is 6.37. The summed E-state index contributed by atoms with van der Waals surface area (Å²) in [6.07, 6.45) is -1.59. The largest absolute Gasteiger partial charge is 0.511 e. The van der Waals surface area contributed by atoms with E-state index in [1.54, 1.807) is 30.3 Å². The number of nitrogens with two attached hydrogens (primary N) is 1. The number of pyridine rings is 1. The molecule has 0 amide bonds. The maximum atomic E-state index is 13.9. The molecule has 2 heterocycles. The van der Waals surface area contributed by atoms with Crippen LogP contribution in [-0.4, -0.2) is 84.0 Å². The number of hydrogen-bond acceptors (Lipinski definition) is 12. The van der Waals surface area contributed by atoms with E-state index in [1.807, 2.05) is 12.1 Å². The number of carbonyl (C=O) groups excluding carboxylic acids is 2. The second-order valence-electron chi connectivity index (χ2n) is 12.2. The van der Waals surface area contributed by atoms with E-state index >= 15 is 0 Å². The molecule has 2 aliphatic carbocycles. The number of nitrogens with zero attached hydrogens (tertiary/aromatic N) is 1. The molecule has 246 valence electrons. The Morgan fingerprint density at radius 3 is 2.47 bits per heavy atom. The number of aromatic nitrogens is 1. The highest BCUT2D eigenvalue weighted by Gasteiger charge is 2.56. The number of aryl methyl sites for hydroxylation is 1. The summed E-state index contributed by atoms with van der Waals surface area (Å²) >= 11 is 0. The molecule has 1 aliphatic heterocycles. The first-order chi connectivity index (χ1) is 22.5. The first kappa shape index (κ1) is 32.5. The zero-order valence-electron chi connectivity index (χ0n) is 25.3. The maximum Gasteiger partial charge on any atom is 0.229 e. The van der Waals surface area contributed by atoms with Crippen LogP contribution in [0.15, 0.2) is 84.3 Å². The van der Waals surface area contributed by atoms with Crippen molar-refractivity contribution in [3.05, 3.63) is 112 Å². The van der Waals surface area contributed by atoms with Crippen molar-refractivity contribution >= 4 is 17.4 Å². The van der Waals surface area contributed by atoms with E-state index in [2.05, 4.69) is 4.98 Å². The number of aliphatic hydroxyl groups excluding tert-OH is 5. The number of aliphatic hydroxyl groups is 6. The van der Waals surface area contributed by atoms with Gasteiger partial charge in [-0.1, -0.05) is 42.5 Å². The fourth-order valence-corrected chi connectivity index (χ4v) is 6.67. The van der Waals surface area contributed by atoms with E-state index < -0.39 is 60.2 Å². The number of carbonyl (C=O) groups is 2. The summed E-state index contributed by atoms with van der Waals surface area (Å²) in [5.74, 6) is -3.34. The number of fused-ring (bicyclic) bond motifs is 2. The standard InChI is InChI=1S/C35H36N2O10/c36-27-15-18(8-10-37-27)7-9-35(45)32(43)26(17-39)47-34(33(35)44)46-25-6-2-5-22-29(25)31(42)28-23(30(22)41)13-21(14-24(28)40)12-19-3-1-4-20(11-19)16-38/h1-6,8,10-11,13-15,23,26,28,32-34,38-40,43-45H,7,9,12,16-17H2,(H2,36,37). The quantitative estimate of drug-likeness (QED) is 0.177. The topological polar surface area (TPSA) is 213 Å². The second kappa shape index (κ2) is 13.0. The summed E-state index contributed by atoms with van der Waals surface area (Å²) in [6.45, 7) is -0.846. The van der Waals surface area contributed by atoms with Gasteiger partial charge in [0.2, 0.25) is 6.29 Å². The van der Waals surface area contributed by atoms with Crippen LogP contribution in [0.4, 0.5) is 5.82 Å². The predicted octanol–water partition coefficient (Wildman–Crippen LogP) is 1.57. The van der Waals surface area contributed by atoms with Crippen molar-refractivity contribution in [2.24, 2.45) is 11.8 Å². The van der Waals surface area contributed by atoms with Gasteiger partial charge in [-0.25, -0.2) is 4.98 Å². The van der Waals surface area contributed by atoms with Gasteiger partial charge < -0.3 is 45.8 Å². The molecule has 1 fully saturated rings. The van der Waals surface area contributed by atoms with E-state index in [9.17, 15) is 40.2 Å². The van der Waals surface area contributed by atoms with Gasteiger partial charge in [-0.3, -0.25) is 9.59 Å². The Labute approximate surface area is 270 Å². The number of rotatable bonds is 9. The van der Waals surface area contributed by atoms with Gasteiger partial charge in [-0.2, -0.15) is 0 Å². The van der Waals surface area contributed by atoms with Gasteiger partial charge in [-0.05, 0) is 65.8 Å². The Bertz CT molecular complexity index is 1760. The Balaban J connectivity index is 1.27. The third-order valence-corrected chi connectivity index (χ3v) is 9.14. The highest BCUT2D eigenvalue weighted by atomic mass is 16.7. The lowest BCUT2D eigenvalue weighted by Crippen LogP contribution is -2.68. The minimum absolute atomic E-state index is 0.0518. The van der Waals surface area contributed by atoms with Gasteiger partial charge in [0.05, 0.1) is 30.6 Å². The van der Waals surface area contributed by atoms with Crippen LogP contribution in [0.3, 0.4) is 0 Å². The van der Waals surface area contributed by atoms with Crippen molar-refractivity contribution in [3.8, 4) is 5.75 Å². The Kier molecular flexibility index (Phi) is 8.99. The molecule has 0 saturated carbocycles. The number of nitrogen functional groups attached to an aromatic ring is 1. The number of anilines is 1. The van der Waals surface area contributed by atoms with Crippen LogP contribution in [0.2, 0.25) is 0 Å². The van der Waals surface area contributed by atoms with Crippen molar-refractivity contribution in [1.82, 2.24) is 4.98 Å². The fourth-order valence-electron chi connectivity index (χ4n) is 6.67. The average Bonchev–Trinajstić information content (AvgIpc) is 3.06. The van der Waals surface area contributed by atoms with Gasteiger partial charge >= 0.3 is 0 Å². The first-order valence-corrected chi connectivity index (χ1v) is 15.3. The number of hydrogen-bond donors (Lipinski definition) is 7. The van der Waals surface area contributed by atoms with Crippen molar-refractivity contribution < 1.29 is 49.7 Å². The monoisotopic (exact) mass is 644 g/mol. The molecule has 2 aromatic carbocycles. The van der Waals surface area contributed by atoms with E-state index in [1.165, 1.54) is 30.5 Å². The van der Waals surface area contributed by atoms with Gasteiger partial charge in [-0.15, -0.1) is 0 Å². The lowest BCUT2D eigenvalue weighted by Gasteiger charge is -2.48. The summed E-state index contributed by atoms with van der Waals surface area (Å²) in [4.78, 5) is 31.7. The highest BCUT2D eigenvalue weighted by Crippen LogP contribution is 2.43. The molecular formula is C35H36N2O10. The van der Waals surface area contributed by atoms with Gasteiger partial charge in [0, 0.05) is 11.8 Å². The first-order valence-electron chi connectivity index (χ1n) is 15.3. The van der Waals surface area contributed by atoms with E-state index in [0.29, 0.717) is 17.6 Å². The highest BCUT2D eigenvalue weighted by molar-refractivity contribution is 6.19. The molecule has 12 heteroatoms. The summed E-state index contributed by atoms with van der Waals surface area (Å²) in [6, 6.07) is 14.9. The maximum absolute atomic E-state index is 13.9. The van der Waals surface area contributed by atoms with Gasteiger partial charge in [0.15, 0.2) is 11.6 Å². The number of benzene rings is 2. The number of allylic oxidation sites excluding steroid dienone is 4. The van der Waals surface area contributed by atoms with Crippen LogP contribution < -0.4 is 10.5 Å². The van der Waals surface area contributed by atoms with Crippen molar-refractivity contribution in [2.45, 2.75) is 56.1 Å². The molecule has 7 atom stereocenters. The SMILES string of the molecule is Nc1cc(CCC2(O)C(O)C(CO)OC(Oc3cccc4c3C(=O)C3C(O)=CC(Cc5cccc(CO)c5)=CC3C4=O)C2O)ccn1. The van der Waals surface area contributed by atoms with Crippen LogP contribution in [0.25, 0.3) is 0 Å². The van der Waals surface area contributed by atoms with Gasteiger partial charge in [0.25, 0.3) is 0 Å². The third kappa shape index (κ3) is 6.07. The average molecular weight is 645 g/mol. The molecule has 0 spiro atoms. The molecule has 47 heavy (non-hydrogen) atoms. The lowest BCUT2D eigenvalue weighted by atomic mass is 9.70. The van der Waals surface area contributed by atoms with Crippen molar-refractivity contribution in [2.75, 3.05) is 12.3 Å². The van der Waals surface area contributed by atoms with Crippen LogP contribution in [0.1, 0.15) is 43.8 Å².